The molecule has 1 N–H and O–H groups in total. The lowest BCUT2D eigenvalue weighted by molar-refractivity contribution is 0.687. The van der Waals surface area contributed by atoms with Gasteiger partial charge in [0, 0.05) is 23.2 Å². The van der Waals surface area contributed by atoms with Crippen LogP contribution in [0.1, 0.15) is 24.0 Å². The lowest BCUT2D eigenvalue weighted by Gasteiger charge is -2.06. The number of hydrogen-bond donors (Lipinski definition) is 1. The summed E-state index contributed by atoms with van der Waals surface area (Å²) in [6.45, 7) is 1.00. The van der Waals surface area contributed by atoms with Crippen molar-refractivity contribution in [2.75, 3.05) is 0 Å². The molecule has 1 saturated carbocycles. The first kappa shape index (κ1) is 12.8. The van der Waals surface area contributed by atoms with Gasteiger partial charge in [0.15, 0.2) is 0 Å². The minimum Gasteiger partial charge on any atom is -0.310 e. The first-order chi connectivity index (χ1) is 9.40. The van der Waals surface area contributed by atoms with Crippen molar-refractivity contribution in [1.82, 2.24) is 5.32 Å². The highest BCUT2D eigenvalue weighted by Gasteiger charge is 2.19. The van der Waals surface area contributed by atoms with Crippen LogP contribution < -0.4 is 5.32 Å². The molecule has 2 heteroatoms. The molecule has 0 unspecified atom stereocenters. The molecular formula is C17H19NS. The standard InChI is InChI=1S/C17H19NS/c1-2-5-14(6-3-1)13-19-17-8-4-7-15(11-17)12-18-16-9-10-16/h1-8,11,16,18H,9-10,12-13H2. The van der Waals surface area contributed by atoms with E-state index >= 15 is 0 Å². The van der Waals surface area contributed by atoms with E-state index in [1.165, 1.54) is 28.9 Å². The molecule has 0 atom stereocenters. The summed E-state index contributed by atoms with van der Waals surface area (Å²) in [5, 5.41) is 3.56. The average Bonchev–Trinajstić information content (AvgIpc) is 3.29. The van der Waals surface area contributed by atoms with E-state index in [0.29, 0.717) is 0 Å². The van der Waals surface area contributed by atoms with Crippen molar-refractivity contribution in [1.29, 1.82) is 0 Å². The Balaban J connectivity index is 1.56. The molecule has 0 radical (unpaired) electrons. The third-order valence-corrected chi connectivity index (χ3v) is 4.38. The fourth-order valence-corrected chi connectivity index (χ4v) is 2.97. The van der Waals surface area contributed by atoms with Crippen LogP contribution in [0.5, 0.6) is 0 Å². The van der Waals surface area contributed by atoms with Crippen LogP contribution in [0.25, 0.3) is 0 Å². The van der Waals surface area contributed by atoms with E-state index in [1.54, 1.807) is 0 Å². The van der Waals surface area contributed by atoms with Crippen molar-refractivity contribution in [3.63, 3.8) is 0 Å². The molecule has 0 bridgehead atoms. The van der Waals surface area contributed by atoms with Crippen molar-refractivity contribution in [2.24, 2.45) is 0 Å². The van der Waals surface area contributed by atoms with Gasteiger partial charge in [-0.05, 0) is 36.1 Å². The van der Waals surface area contributed by atoms with Gasteiger partial charge >= 0.3 is 0 Å². The van der Waals surface area contributed by atoms with Gasteiger partial charge in [-0.1, -0.05) is 42.5 Å². The number of nitrogens with one attached hydrogen (secondary N) is 1. The fourth-order valence-electron chi connectivity index (χ4n) is 2.04. The maximum Gasteiger partial charge on any atom is 0.0231 e. The number of thioether (sulfide) groups is 1. The summed E-state index contributed by atoms with van der Waals surface area (Å²) >= 11 is 1.91. The first-order valence-corrected chi connectivity index (χ1v) is 7.88. The molecule has 0 amide bonds. The molecule has 19 heavy (non-hydrogen) atoms. The Morgan fingerprint density at radius 2 is 1.74 bits per heavy atom. The topological polar surface area (TPSA) is 12.0 Å². The lowest BCUT2D eigenvalue weighted by Crippen LogP contribution is -2.15. The van der Waals surface area contributed by atoms with Gasteiger partial charge in [0.1, 0.15) is 0 Å². The van der Waals surface area contributed by atoms with E-state index in [4.69, 9.17) is 0 Å². The molecule has 0 spiro atoms. The molecule has 1 aliphatic carbocycles. The molecule has 1 nitrogen and oxygen atoms in total. The summed E-state index contributed by atoms with van der Waals surface area (Å²) in [6, 6.07) is 20.3. The second kappa shape index (κ2) is 6.27. The third-order valence-electron chi connectivity index (χ3n) is 3.32. The Morgan fingerprint density at radius 1 is 0.947 bits per heavy atom. The van der Waals surface area contributed by atoms with E-state index in [2.05, 4.69) is 59.9 Å². The van der Waals surface area contributed by atoms with Crippen molar-refractivity contribution in [2.45, 2.75) is 36.1 Å². The second-order valence-corrected chi connectivity index (χ2v) is 6.13. The zero-order valence-corrected chi connectivity index (χ0v) is 11.8. The van der Waals surface area contributed by atoms with E-state index < -0.39 is 0 Å². The molecule has 0 saturated heterocycles. The molecular weight excluding hydrogens is 250 g/mol. The molecule has 1 aliphatic rings. The quantitative estimate of drug-likeness (QED) is 0.788. The van der Waals surface area contributed by atoms with Crippen molar-refractivity contribution < 1.29 is 0 Å². The van der Waals surface area contributed by atoms with Crippen LogP contribution in [0.15, 0.2) is 59.5 Å². The highest BCUT2D eigenvalue weighted by molar-refractivity contribution is 7.98. The van der Waals surface area contributed by atoms with Crippen LogP contribution in [0.3, 0.4) is 0 Å². The van der Waals surface area contributed by atoms with Crippen LogP contribution in [0.2, 0.25) is 0 Å². The lowest BCUT2D eigenvalue weighted by atomic mass is 10.2. The Labute approximate surface area is 119 Å². The zero-order chi connectivity index (χ0) is 12.9. The van der Waals surface area contributed by atoms with Crippen molar-refractivity contribution in [3.8, 4) is 0 Å². The molecule has 0 aliphatic heterocycles. The summed E-state index contributed by atoms with van der Waals surface area (Å²) in [7, 11) is 0. The molecule has 1 fully saturated rings. The summed E-state index contributed by atoms with van der Waals surface area (Å²) in [4.78, 5) is 1.36. The fraction of sp³-hybridized carbons (Fsp3) is 0.294. The van der Waals surface area contributed by atoms with Gasteiger partial charge < -0.3 is 5.32 Å². The van der Waals surface area contributed by atoms with Gasteiger partial charge in [0.05, 0.1) is 0 Å². The molecule has 3 rings (SSSR count). The van der Waals surface area contributed by atoms with E-state index in [-0.39, 0.29) is 0 Å². The van der Waals surface area contributed by atoms with E-state index in [1.807, 2.05) is 11.8 Å². The first-order valence-electron chi connectivity index (χ1n) is 6.89. The summed E-state index contributed by atoms with van der Waals surface area (Å²) < 4.78 is 0. The van der Waals surface area contributed by atoms with Crippen molar-refractivity contribution >= 4 is 11.8 Å². The van der Waals surface area contributed by atoms with Gasteiger partial charge in [0.2, 0.25) is 0 Å². The molecule has 0 heterocycles. The number of rotatable bonds is 6. The van der Waals surface area contributed by atoms with Crippen LogP contribution in [-0.4, -0.2) is 6.04 Å². The molecule has 2 aromatic carbocycles. The Morgan fingerprint density at radius 3 is 2.53 bits per heavy atom. The maximum absolute atomic E-state index is 3.56. The molecule has 98 valence electrons. The van der Waals surface area contributed by atoms with E-state index in [0.717, 1.165) is 18.3 Å². The van der Waals surface area contributed by atoms with Crippen LogP contribution in [-0.2, 0) is 12.3 Å². The van der Waals surface area contributed by atoms with E-state index in [9.17, 15) is 0 Å². The SMILES string of the molecule is c1ccc(CSc2cccc(CNC3CC3)c2)cc1. The minimum absolute atomic E-state index is 0.778. The van der Waals surface area contributed by atoms with Gasteiger partial charge in [-0.15, -0.1) is 11.8 Å². The second-order valence-electron chi connectivity index (χ2n) is 5.08. The predicted molar refractivity (Wildman–Crippen MR) is 82.3 cm³/mol. The Kier molecular flexibility index (Phi) is 4.21. The summed E-state index contributed by atoms with van der Waals surface area (Å²) in [6.07, 6.45) is 2.70. The van der Waals surface area contributed by atoms with Crippen molar-refractivity contribution in [3.05, 3.63) is 65.7 Å². The Hall–Kier alpha value is -1.25. The van der Waals surface area contributed by atoms with Gasteiger partial charge in [-0.25, -0.2) is 0 Å². The molecule has 2 aromatic rings. The normalized spacial score (nSPS) is 14.5. The van der Waals surface area contributed by atoms with Gasteiger partial charge in [-0.3, -0.25) is 0 Å². The summed E-state index contributed by atoms with van der Waals surface area (Å²) in [5.74, 6) is 1.04. The maximum atomic E-state index is 3.56. The van der Waals surface area contributed by atoms with Gasteiger partial charge in [-0.2, -0.15) is 0 Å². The third kappa shape index (κ3) is 4.12. The largest absolute Gasteiger partial charge is 0.310 e. The summed E-state index contributed by atoms with van der Waals surface area (Å²) in [5.41, 5.74) is 2.78. The zero-order valence-electron chi connectivity index (χ0n) is 11.0. The number of benzene rings is 2. The highest BCUT2D eigenvalue weighted by atomic mass is 32.2. The highest BCUT2D eigenvalue weighted by Crippen LogP contribution is 2.24. The number of hydrogen-bond acceptors (Lipinski definition) is 2. The average molecular weight is 269 g/mol. The predicted octanol–water partition coefficient (Wildman–Crippen LogP) is 4.23. The van der Waals surface area contributed by atoms with Crippen LogP contribution in [0, 0.1) is 0 Å². The minimum atomic E-state index is 0.778. The molecule has 0 aromatic heterocycles. The monoisotopic (exact) mass is 269 g/mol. The van der Waals surface area contributed by atoms with Gasteiger partial charge in [0.25, 0.3) is 0 Å². The van der Waals surface area contributed by atoms with Crippen LogP contribution in [0.4, 0.5) is 0 Å². The van der Waals surface area contributed by atoms with Crippen LogP contribution >= 0.6 is 11.8 Å². The smallest absolute Gasteiger partial charge is 0.0231 e. The Bertz CT molecular complexity index is 520.